The number of nitro benzene ring substituents is 1. The first-order valence-corrected chi connectivity index (χ1v) is 5.74. The lowest BCUT2D eigenvalue weighted by Gasteiger charge is -2.09. The first-order chi connectivity index (χ1) is 9.31. The Morgan fingerprint density at radius 3 is 2.60 bits per heavy atom. The van der Waals surface area contributed by atoms with Gasteiger partial charge < -0.3 is 15.2 Å². The first-order valence-electron chi connectivity index (χ1n) is 5.74. The molecule has 20 heavy (non-hydrogen) atoms. The molecule has 0 aliphatic heterocycles. The molecule has 1 aromatic rings. The van der Waals surface area contributed by atoms with Gasteiger partial charge >= 0.3 is 5.97 Å². The molecule has 0 saturated carbocycles. The van der Waals surface area contributed by atoms with E-state index in [0.29, 0.717) is 0 Å². The second-order valence-electron chi connectivity index (χ2n) is 4.20. The highest BCUT2D eigenvalue weighted by Crippen LogP contribution is 2.25. The number of aromatic carboxylic acids is 1. The number of carboxylic acid groups (broad SMARTS) is 1. The van der Waals surface area contributed by atoms with Gasteiger partial charge in [0.1, 0.15) is 12.3 Å². The Balaban J connectivity index is 2.92. The summed E-state index contributed by atoms with van der Waals surface area (Å²) in [5, 5.41) is 22.0. The van der Waals surface area contributed by atoms with E-state index in [9.17, 15) is 19.7 Å². The predicted molar refractivity (Wildman–Crippen MR) is 69.8 cm³/mol. The van der Waals surface area contributed by atoms with Crippen molar-refractivity contribution >= 4 is 23.3 Å². The summed E-state index contributed by atoms with van der Waals surface area (Å²) in [7, 11) is 0. The average molecular weight is 282 g/mol. The molecule has 0 aliphatic carbocycles. The van der Waals surface area contributed by atoms with Crippen LogP contribution in [-0.4, -0.2) is 34.6 Å². The lowest BCUT2D eigenvalue weighted by atomic mass is 10.1. The van der Waals surface area contributed by atoms with Crippen LogP contribution in [0.4, 0.5) is 11.4 Å². The van der Waals surface area contributed by atoms with E-state index >= 15 is 0 Å². The number of nitrogens with one attached hydrogen (secondary N) is 1. The van der Waals surface area contributed by atoms with Crippen LogP contribution in [0.5, 0.6) is 0 Å². The molecule has 2 N–H and O–H groups in total. The normalized spacial score (nSPS) is 10.3. The van der Waals surface area contributed by atoms with Gasteiger partial charge in [-0.25, -0.2) is 4.79 Å². The summed E-state index contributed by atoms with van der Waals surface area (Å²) in [6.07, 6.45) is -0.148. The second-order valence-corrected chi connectivity index (χ2v) is 4.20. The summed E-state index contributed by atoms with van der Waals surface area (Å²) in [5.74, 6) is -1.83. The van der Waals surface area contributed by atoms with Gasteiger partial charge in [0.05, 0.1) is 16.6 Å². The van der Waals surface area contributed by atoms with Crippen LogP contribution in [0.15, 0.2) is 18.2 Å². The van der Waals surface area contributed by atoms with Gasteiger partial charge in [-0.15, -0.1) is 0 Å². The largest absolute Gasteiger partial charge is 0.478 e. The molecule has 0 fully saturated rings. The summed E-state index contributed by atoms with van der Waals surface area (Å²) in [6.45, 7) is 3.25. The summed E-state index contributed by atoms with van der Waals surface area (Å²) >= 11 is 0. The molecule has 108 valence electrons. The van der Waals surface area contributed by atoms with Crippen LogP contribution >= 0.6 is 0 Å². The third-order valence-electron chi connectivity index (χ3n) is 2.26. The molecule has 0 unspecified atom stereocenters. The Morgan fingerprint density at radius 2 is 2.10 bits per heavy atom. The van der Waals surface area contributed by atoms with Gasteiger partial charge in [-0.05, 0) is 26.0 Å². The lowest BCUT2D eigenvalue weighted by Crippen LogP contribution is -2.21. The van der Waals surface area contributed by atoms with Crippen molar-refractivity contribution < 1.29 is 24.4 Å². The molecule has 8 nitrogen and oxygen atoms in total. The van der Waals surface area contributed by atoms with E-state index in [4.69, 9.17) is 9.84 Å². The van der Waals surface area contributed by atoms with Crippen molar-refractivity contribution in [3.63, 3.8) is 0 Å². The number of nitrogens with zero attached hydrogens (tertiary/aromatic N) is 1. The Hall–Kier alpha value is -2.48. The minimum atomic E-state index is -1.28. The monoisotopic (exact) mass is 282 g/mol. The maximum Gasteiger partial charge on any atom is 0.335 e. The summed E-state index contributed by atoms with van der Waals surface area (Å²) in [5.41, 5.74) is -0.784. The number of anilines is 1. The van der Waals surface area contributed by atoms with Crippen LogP contribution < -0.4 is 5.32 Å². The molecule has 0 radical (unpaired) electrons. The number of nitro groups is 1. The molecule has 0 bridgehead atoms. The lowest BCUT2D eigenvalue weighted by molar-refractivity contribution is -0.384. The van der Waals surface area contributed by atoms with Crippen LogP contribution in [0, 0.1) is 10.1 Å². The third-order valence-corrected chi connectivity index (χ3v) is 2.26. The number of hydrogen-bond donors (Lipinski definition) is 2. The summed E-state index contributed by atoms with van der Waals surface area (Å²) < 4.78 is 5.06. The van der Waals surface area contributed by atoms with Crippen LogP contribution in [-0.2, 0) is 9.53 Å². The fourth-order valence-corrected chi connectivity index (χ4v) is 1.35. The molecule has 1 amide bonds. The predicted octanol–water partition coefficient (Wildman–Crippen LogP) is 1.66. The Labute approximate surface area is 114 Å². The van der Waals surface area contributed by atoms with Crippen molar-refractivity contribution in [2.24, 2.45) is 0 Å². The number of carboxylic acids is 1. The van der Waals surface area contributed by atoms with Crippen LogP contribution in [0.25, 0.3) is 0 Å². The summed E-state index contributed by atoms with van der Waals surface area (Å²) in [6, 6.07) is 3.24. The van der Waals surface area contributed by atoms with Crippen molar-refractivity contribution in [2.45, 2.75) is 20.0 Å². The fraction of sp³-hybridized carbons (Fsp3) is 0.333. The van der Waals surface area contributed by atoms with Gasteiger partial charge in [-0.1, -0.05) is 0 Å². The van der Waals surface area contributed by atoms with Crippen LogP contribution in [0.2, 0.25) is 0 Å². The number of carbonyl (C=O) groups excluding carboxylic acids is 1. The van der Waals surface area contributed by atoms with E-state index in [0.717, 1.165) is 6.07 Å². The van der Waals surface area contributed by atoms with Gasteiger partial charge in [0.25, 0.3) is 11.6 Å². The van der Waals surface area contributed by atoms with Crippen molar-refractivity contribution in [1.29, 1.82) is 0 Å². The quantitative estimate of drug-likeness (QED) is 0.605. The average Bonchev–Trinajstić information content (AvgIpc) is 2.36. The van der Waals surface area contributed by atoms with Crippen molar-refractivity contribution in [1.82, 2.24) is 0 Å². The number of rotatable bonds is 6. The number of hydrogen-bond acceptors (Lipinski definition) is 5. The zero-order valence-electron chi connectivity index (χ0n) is 11.0. The smallest absolute Gasteiger partial charge is 0.335 e. The van der Waals surface area contributed by atoms with E-state index in [2.05, 4.69) is 5.32 Å². The van der Waals surface area contributed by atoms with Gasteiger partial charge in [-0.3, -0.25) is 14.9 Å². The highest BCUT2D eigenvalue weighted by atomic mass is 16.6. The molecular weight excluding hydrogens is 268 g/mol. The zero-order chi connectivity index (χ0) is 15.3. The maximum atomic E-state index is 11.5. The third kappa shape index (κ3) is 4.32. The molecule has 0 atom stereocenters. The van der Waals surface area contributed by atoms with E-state index in [1.807, 2.05) is 0 Å². The second kappa shape index (κ2) is 6.62. The topological polar surface area (TPSA) is 119 Å². The molecule has 8 heteroatoms. The highest BCUT2D eigenvalue weighted by Gasteiger charge is 2.19. The van der Waals surface area contributed by atoms with E-state index in [1.54, 1.807) is 13.8 Å². The zero-order valence-corrected chi connectivity index (χ0v) is 11.0. The Bertz CT molecular complexity index is 541. The van der Waals surface area contributed by atoms with Gasteiger partial charge in [-0.2, -0.15) is 0 Å². The highest BCUT2D eigenvalue weighted by molar-refractivity contribution is 5.96. The molecular formula is C12H14N2O6. The molecule has 0 aliphatic rings. The minimum Gasteiger partial charge on any atom is -0.478 e. The fourth-order valence-electron chi connectivity index (χ4n) is 1.35. The standard InChI is InChI=1S/C12H14N2O6/c1-7(2)20-6-11(15)13-9-4-3-8(12(16)17)5-10(9)14(18)19/h3-5,7H,6H2,1-2H3,(H,13,15)(H,16,17). The van der Waals surface area contributed by atoms with Crippen molar-refractivity contribution in [3.05, 3.63) is 33.9 Å². The van der Waals surface area contributed by atoms with Gasteiger partial charge in [0.2, 0.25) is 0 Å². The molecule has 0 saturated heterocycles. The molecule has 1 aromatic carbocycles. The minimum absolute atomic E-state index is 0.0719. The Morgan fingerprint density at radius 1 is 1.45 bits per heavy atom. The van der Waals surface area contributed by atoms with E-state index in [1.165, 1.54) is 12.1 Å². The van der Waals surface area contributed by atoms with Crippen molar-refractivity contribution in [2.75, 3.05) is 11.9 Å². The molecule has 0 aromatic heterocycles. The summed E-state index contributed by atoms with van der Waals surface area (Å²) in [4.78, 5) is 32.4. The van der Waals surface area contributed by atoms with Crippen LogP contribution in [0.1, 0.15) is 24.2 Å². The molecule has 0 spiro atoms. The van der Waals surface area contributed by atoms with Crippen molar-refractivity contribution in [3.8, 4) is 0 Å². The van der Waals surface area contributed by atoms with Gasteiger partial charge in [0, 0.05) is 6.07 Å². The Kier molecular flexibility index (Phi) is 5.15. The molecule has 1 rings (SSSR count). The first kappa shape index (κ1) is 15.6. The van der Waals surface area contributed by atoms with E-state index in [-0.39, 0.29) is 24.0 Å². The van der Waals surface area contributed by atoms with Crippen LogP contribution in [0.3, 0.4) is 0 Å². The number of benzene rings is 1. The maximum absolute atomic E-state index is 11.5. The SMILES string of the molecule is CC(C)OCC(=O)Nc1ccc(C(=O)O)cc1[N+](=O)[O-]. The number of amides is 1. The van der Waals surface area contributed by atoms with Gasteiger partial charge in [0.15, 0.2) is 0 Å². The molecule has 0 heterocycles. The number of carbonyl (C=O) groups is 2. The van der Waals surface area contributed by atoms with E-state index < -0.39 is 22.5 Å². The number of ether oxygens (including phenoxy) is 1.